The minimum atomic E-state index is -0.639. The monoisotopic (exact) mass is 214 g/mol. The third-order valence-corrected chi connectivity index (χ3v) is 3.25. The van der Waals surface area contributed by atoms with Crippen LogP contribution in [0.3, 0.4) is 0 Å². The van der Waals surface area contributed by atoms with E-state index in [-0.39, 0.29) is 5.92 Å². The van der Waals surface area contributed by atoms with Gasteiger partial charge in [-0.3, -0.25) is 4.79 Å². The predicted octanol–water partition coefficient (Wildman–Crippen LogP) is 0.735. The Morgan fingerprint density at radius 3 is 2.60 bits per heavy atom. The molecule has 0 radical (unpaired) electrons. The van der Waals surface area contributed by atoms with Gasteiger partial charge in [-0.2, -0.15) is 0 Å². The molecule has 0 aliphatic carbocycles. The maximum Gasteiger partial charge on any atom is 0.307 e. The molecule has 0 aromatic carbocycles. The molecule has 4 heteroatoms. The second kappa shape index (κ2) is 6.08. The lowest BCUT2D eigenvalue weighted by Crippen LogP contribution is -2.34. The van der Waals surface area contributed by atoms with Crippen molar-refractivity contribution in [3.63, 3.8) is 0 Å². The maximum atomic E-state index is 10.8. The van der Waals surface area contributed by atoms with E-state index in [2.05, 4.69) is 23.6 Å². The molecule has 0 saturated carbocycles. The van der Waals surface area contributed by atoms with E-state index in [1.54, 1.807) is 0 Å². The SMILES string of the molecule is CCN(CC)CCN1CCC(C(=O)O)C1. The van der Waals surface area contributed by atoms with E-state index in [4.69, 9.17) is 5.11 Å². The third kappa shape index (κ3) is 3.80. The van der Waals surface area contributed by atoms with Gasteiger partial charge >= 0.3 is 5.97 Å². The summed E-state index contributed by atoms with van der Waals surface area (Å²) in [6.45, 7) is 10.2. The molecule has 88 valence electrons. The first-order valence-corrected chi connectivity index (χ1v) is 5.84. The quantitative estimate of drug-likeness (QED) is 0.708. The highest BCUT2D eigenvalue weighted by molar-refractivity contribution is 5.70. The van der Waals surface area contributed by atoms with Crippen LogP contribution in [-0.4, -0.2) is 60.1 Å². The topological polar surface area (TPSA) is 43.8 Å². The van der Waals surface area contributed by atoms with Crippen molar-refractivity contribution in [2.24, 2.45) is 5.92 Å². The van der Waals surface area contributed by atoms with Crippen LogP contribution >= 0.6 is 0 Å². The summed E-state index contributed by atoms with van der Waals surface area (Å²) < 4.78 is 0. The highest BCUT2D eigenvalue weighted by Gasteiger charge is 2.27. The molecule has 0 aromatic heterocycles. The number of rotatable bonds is 6. The lowest BCUT2D eigenvalue weighted by Gasteiger charge is -2.22. The lowest BCUT2D eigenvalue weighted by molar-refractivity contribution is -0.141. The van der Waals surface area contributed by atoms with E-state index in [9.17, 15) is 4.79 Å². The van der Waals surface area contributed by atoms with Crippen LogP contribution in [0.5, 0.6) is 0 Å². The number of carboxylic acids is 1. The first kappa shape index (κ1) is 12.5. The summed E-state index contributed by atoms with van der Waals surface area (Å²) in [5, 5.41) is 8.86. The highest BCUT2D eigenvalue weighted by atomic mass is 16.4. The summed E-state index contributed by atoms with van der Waals surface area (Å²) in [6.07, 6.45) is 0.813. The fourth-order valence-electron chi connectivity index (χ4n) is 2.06. The van der Waals surface area contributed by atoms with Crippen molar-refractivity contribution >= 4 is 5.97 Å². The molecule has 4 nitrogen and oxygen atoms in total. The van der Waals surface area contributed by atoms with E-state index in [0.717, 1.165) is 45.7 Å². The van der Waals surface area contributed by atoms with Crippen LogP contribution in [-0.2, 0) is 4.79 Å². The van der Waals surface area contributed by atoms with Crippen LogP contribution in [0.1, 0.15) is 20.3 Å². The normalized spacial score (nSPS) is 22.5. The Morgan fingerprint density at radius 1 is 1.47 bits per heavy atom. The number of likely N-dealkylation sites (N-methyl/N-ethyl adjacent to an activating group) is 1. The molecule has 1 N–H and O–H groups in total. The molecule has 0 amide bonds. The molecule has 1 atom stereocenters. The van der Waals surface area contributed by atoms with Gasteiger partial charge < -0.3 is 14.9 Å². The van der Waals surface area contributed by atoms with Gasteiger partial charge in [0.25, 0.3) is 0 Å². The van der Waals surface area contributed by atoms with E-state index in [0.29, 0.717) is 0 Å². The molecule has 0 aromatic rings. The molecule has 1 heterocycles. The molecular formula is C11H22N2O2. The van der Waals surface area contributed by atoms with Crippen molar-refractivity contribution in [2.45, 2.75) is 20.3 Å². The number of likely N-dealkylation sites (tertiary alicyclic amines) is 1. The summed E-state index contributed by atoms with van der Waals surface area (Å²) in [7, 11) is 0. The maximum absolute atomic E-state index is 10.8. The molecule has 1 rings (SSSR count). The first-order chi connectivity index (χ1) is 7.17. The van der Waals surface area contributed by atoms with Gasteiger partial charge in [0.15, 0.2) is 0 Å². The van der Waals surface area contributed by atoms with Crippen LogP contribution in [0.4, 0.5) is 0 Å². The smallest absolute Gasteiger partial charge is 0.307 e. The number of hydrogen-bond donors (Lipinski definition) is 1. The van der Waals surface area contributed by atoms with Crippen molar-refractivity contribution in [2.75, 3.05) is 39.3 Å². The summed E-state index contributed by atoms with van der Waals surface area (Å²) >= 11 is 0. The minimum absolute atomic E-state index is 0.137. The van der Waals surface area contributed by atoms with Gasteiger partial charge in [-0.25, -0.2) is 0 Å². The largest absolute Gasteiger partial charge is 0.481 e. The number of hydrogen-bond acceptors (Lipinski definition) is 3. The van der Waals surface area contributed by atoms with Crippen molar-refractivity contribution in [3.05, 3.63) is 0 Å². The van der Waals surface area contributed by atoms with Gasteiger partial charge in [-0.15, -0.1) is 0 Å². The Kier molecular flexibility index (Phi) is 5.05. The number of carbonyl (C=O) groups is 1. The van der Waals surface area contributed by atoms with Crippen LogP contribution in [0.15, 0.2) is 0 Å². The number of aliphatic carboxylic acids is 1. The average Bonchev–Trinajstić information content (AvgIpc) is 2.68. The van der Waals surface area contributed by atoms with Crippen molar-refractivity contribution in [3.8, 4) is 0 Å². The van der Waals surface area contributed by atoms with Crippen molar-refractivity contribution in [1.82, 2.24) is 9.80 Å². The van der Waals surface area contributed by atoms with Crippen LogP contribution < -0.4 is 0 Å². The zero-order valence-corrected chi connectivity index (χ0v) is 9.78. The Bertz CT molecular complexity index is 205. The molecule has 15 heavy (non-hydrogen) atoms. The third-order valence-electron chi connectivity index (χ3n) is 3.25. The number of carboxylic acid groups (broad SMARTS) is 1. The molecule has 1 fully saturated rings. The van der Waals surface area contributed by atoms with Gasteiger partial charge in [0.1, 0.15) is 0 Å². The Morgan fingerprint density at radius 2 is 2.13 bits per heavy atom. The van der Waals surface area contributed by atoms with Crippen molar-refractivity contribution < 1.29 is 9.90 Å². The molecule has 1 unspecified atom stereocenters. The van der Waals surface area contributed by atoms with E-state index < -0.39 is 5.97 Å². The second-order valence-corrected chi connectivity index (χ2v) is 4.15. The average molecular weight is 214 g/mol. The summed E-state index contributed by atoms with van der Waals surface area (Å²) in [5.41, 5.74) is 0. The number of nitrogens with zero attached hydrogens (tertiary/aromatic N) is 2. The fourth-order valence-corrected chi connectivity index (χ4v) is 2.06. The first-order valence-electron chi connectivity index (χ1n) is 5.84. The molecule has 1 aliphatic rings. The van der Waals surface area contributed by atoms with Crippen LogP contribution in [0.25, 0.3) is 0 Å². The zero-order chi connectivity index (χ0) is 11.3. The highest BCUT2D eigenvalue weighted by Crippen LogP contribution is 2.15. The van der Waals surface area contributed by atoms with Gasteiger partial charge in [0.2, 0.25) is 0 Å². The van der Waals surface area contributed by atoms with Crippen LogP contribution in [0.2, 0.25) is 0 Å². The van der Waals surface area contributed by atoms with Gasteiger partial charge in [-0.1, -0.05) is 13.8 Å². The van der Waals surface area contributed by atoms with Gasteiger partial charge in [0, 0.05) is 19.6 Å². The van der Waals surface area contributed by atoms with Gasteiger partial charge in [-0.05, 0) is 26.1 Å². The lowest BCUT2D eigenvalue weighted by atomic mass is 10.1. The molecule has 0 bridgehead atoms. The summed E-state index contributed by atoms with van der Waals surface area (Å²) in [5.74, 6) is -0.776. The van der Waals surface area contributed by atoms with E-state index in [1.807, 2.05) is 0 Å². The molecular weight excluding hydrogens is 192 g/mol. The zero-order valence-electron chi connectivity index (χ0n) is 9.78. The predicted molar refractivity (Wildman–Crippen MR) is 60.0 cm³/mol. The molecule has 1 saturated heterocycles. The van der Waals surface area contributed by atoms with Gasteiger partial charge in [0.05, 0.1) is 5.92 Å². The van der Waals surface area contributed by atoms with E-state index in [1.165, 1.54) is 0 Å². The molecule has 1 aliphatic heterocycles. The fraction of sp³-hybridized carbons (Fsp3) is 0.909. The Hall–Kier alpha value is -0.610. The Labute approximate surface area is 91.9 Å². The Balaban J connectivity index is 2.21. The van der Waals surface area contributed by atoms with E-state index >= 15 is 0 Å². The van der Waals surface area contributed by atoms with Crippen molar-refractivity contribution in [1.29, 1.82) is 0 Å². The standard InChI is InChI=1S/C11H22N2O2/c1-3-12(4-2)7-8-13-6-5-10(9-13)11(14)15/h10H,3-9H2,1-2H3,(H,14,15). The second-order valence-electron chi connectivity index (χ2n) is 4.15. The molecule has 0 spiro atoms. The minimum Gasteiger partial charge on any atom is -0.481 e. The summed E-state index contributed by atoms with van der Waals surface area (Å²) in [4.78, 5) is 15.4. The summed E-state index contributed by atoms with van der Waals surface area (Å²) in [6, 6.07) is 0. The van der Waals surface area contributed by atoms with Crippen LogP contribution in [0, 0.1) is 5.92 Å².